The zero-order valence-corrected chi connectivity index (χ0v) is 14.7. The molecule has 0 bridgehead atoms. The Morgan fingerprint density at radius 1 is 1.32 bits per heavy atom. The molecule has 1 aliphatic rings. The number of ether oxygens (including phenoxy) is 1. The fraction of sp³-hybridized carbons (Fsp3) is 0.474. The van der Waals surface area contributed by atoms with Crippen LogP contribution in [0.15, 0.2) is 42.7 Å². The van der Waals surface area contributed by atoms with E-state index in [-0.39, 0.29) is 5.91 Å². The highest BCUT2D eigenvalue weighted by Crippen LogP contribution is 2.18. The molecule has 0 spiro atoms. The first-order valence-electron chi connectivity index (χ1n) is 8.85. The zero-order chi connectivity index (χ0) is 17.5. The summed E-state index contributed by atoms with van der Waals surface area (Å²) in [5.41, 5.74) is 1.07. The molecule has 2 aromatic rings. The Labute approximate surface area is 148 Å². The van der Waals surface area contributed by atoms with Crippen LogP contribution in [0.2, 0.25) is 0 Å². The summed E-state index contributed by atoms with van der Waals surface area (Å²) in [6, 6.07) is 10.1. The number of piperidine rings is 1. The molecule has 1 aliphatic heterocycles. The number of aromatic nitrogens is 2. The van der Waals surface area contributed by atoms with Crippen LogP contribution in [-0.2, 0) is 17.9 Å². The molecule has 0 saturated carbocycles. The van der Waals surface area contributed by atoms with Crippen LogP contribution in [0.5, 0.6) is 5.75 Å². The average Bonchev–Trinajstić information content (AvgIpc) is 3.15. The van der Waals surface area contributed by atoms with Crippen molar-refractivity contribution in [2.75, 3.05) is 20.2 Å². The number of hydrogen-bond donors (Lipinski definition) is 1. The summed E-state index contributed by atoms with van der Waals surface area (Å²) >= 11 is 0. The minimum absolute atomic E-state index is 0.0724. The monoisotopic (exact) mass is 342 g/mol. The summed E-state index contributed by atoms with van der Waals surface area (Å²) in [7, 11) is 1.65. The fourth-order valence-corrected chi connectivity index (χ4v) is 3.28. The Balaban J connectivity index is 1.49. The topological polar surface area (TPSA) is 59.4 Å². The molecule has 1 aromatic heterocycles. The van der Waals surface area contributed by atoms with Crippen LogP contribution in [-0.4, -0.2) is 46.8 Å². The highest BCUT2D eigenvalue weighted by atomic mass is 16.5. The molecule has 1 amide bonds. The number of carbonyl (C=O) groups excluding carboxylic acids is 1. The lowest BCUT2D eigenvalue weighted by atomic mass is 10.0. The van der Waals surface area contributed by atoms with Gasteiger partial charge in [-0.05, 0) is 43.1 Å². The number of methoxy groups -OCH3 is 1. The summed E-state index contributed by atoms with van der Waals surface area (Å²) in [6.45, 7) is 2.81. The number of nitrogens with one attached hydrogen (secondary N) is 1. The van der Waals surface area contributed by atoms with Gasteiger partial charge in [0.1, 0.15) is 5.75 Å². The van der Waals surface area contributed by atoms with E-state index in [9.17, 15) is 4.79 Å². The van der Waals surface area contributed by atoms with Gasteiger partial charge in [-0.2, -0.15) is 5.10 Å². The third-order valence-corrected chi connectivity index (χ3v) is 4.70. The summed E-state index contributed by atoms with van der Waals surface area (Å²) in [4.78, 5) is 14.6. The van der Waals surface area contributed by atoms with Gasteiger partial charge >= 0.3 is 0 Å². The lowest BCUT2D eigenvalue weighted by molar-refractivity contribution is -0.123. The standard InChI is InChI=1S/C19H26N4O2/c1-25-18-8-6-16(7-9-18)13-20-19(24)15-22-11-3-2-5-17(22)14-23-12-4-10-21-23/h4,6-10,12,17H,2-3,5,11,13-15H2,1H3,(H,20,24)/t17-/m1/s1. The molecule has 2 heterocycles. The molecule has 6 nitrogen and oxygen atoms in total. The third kappa shape index (κ3) is 5.06. The van der Waals surface area contributed by atoms with E-state index >= 15 is 0 Å². The molecule has 1 saturated heterocycles. The van der Waals surface area contributed by atoms with Crippen LogP contribution in [0.1, 0.15) is 24.8 Å². The maximum absolute atomic E-state index is 12.4. The van der Waals surface area contributed by atoms with E-state index in [0.29, 0.717) is 19.1 Å². The lowest BCUT2D eigenvalue weighted by Crippen LogP contribution is -2.47. The molecule has 134 valence electrons. The van der Waals surface area contributed by atoms with Crippen LogP contribution in [0.25, 0.3) is 0 Å². The smallest absolute Gasteiger partial charge is 0.234 e. The van der Waals surface area contributed by atoms with E-state index in [0.717, 1.165) is 37.2 Å². The average molecular weight is 342 g/mol. The van der Waals surface area contributed by atoms with Gasteiger partial charge in [0.25, 0.3) is 0 Å². The molecule has 1 N–H and O–H groups in total. The maximum atomic E-state index is 12.4. The molecular formula is C19H26N4O2. The van der Waals surface area contributed by atoms with Gasteiger partial charge in [0.15, 0.2) is 0 Å². The Morgan fingerprint density at radius 3 is 2.88 bits per heavy atom. The number of nitrogens with zero attached hydrogens (tertiary/aromatic N) is 3. The predicted molar refractivity (Wildman–Crippen MR) is 96.3 cm³/mol. The fourth-order valence-electron chi connectivity index (χ4n) is 3.28. The first-order valence-corrected chi connectivity index (χ1v) is 8.85. The molecule has 0 aliphatic carbocycles. The van der Waals surface area contributed by atoms with E-state index in [1.54, 1.807) is 13.3 Å². The van der Waals surface area contributed by atoms with Crippen molar-refractivity contribution in [2.24, 2.45) is 0 Å². The van der Waals surface area contributed by atoms with Crippen molar-refractivity contribution in [1.29, 1.82) is 0 Å². The van der Waals surface area contributed by atoms with Crippen LogP contribution in [0.4, 0.5) is 0 Å². The molecule has 1 aromatic carbocycles. The third-order valence-electron chi connectivity index (χ3n) is 4.70. The highest BCUT2D eigenvalue weighted by Gasteiger charge is 2.24. The lowest BCUT2D eigenvalue weighted by Gasteiger charge is -2.35. The van der Waals surface area contributed by atoms with Crippen molar-refractivity contribution in [3.05, 3.63) is 48.3 Å². The summed E-state index contributed by atoms with van der Waals surface area (Å²) in [5.74, 6) is 0.896. The van der Waals surface area contributed by atoms with E-state index in [1.165, 1.54) is 6.42 Å². The van der Waals surface area contributed by atoms with Crippen LogP contribution < -0.4 is 10.1 Å². The van der Waals surface area contributed by atoms with Gasteiger partial charge in [-0.25, -0.2) is 0 Å². The van der Waals surface area contributed by atoms with Crippen LogP contribution in [0, 0.1) is 0 Å². The van der Waals surface area contributed by atoms with Gasteiger partial charge in [-0.1, -0.05) is 18.6 Å². The van der Waals surface area contributed by atoms with Gasteiger partial charge in [-0.15, -0.1) is 0 Å². The van der Waals surface area contributed by atoms with Crippen molar-refractivity contribution >= 4 is 5.91 Å². The minimum Gasteiger partial charge on any atom is -0.497 e. The Bertz CT molecular complexity index is 655. The normalized spacial score (nSPS) is 18.0. The van der Waals surface area contributed by atoms with Crippen LogP contribution in [0.3, 0.4) is 0 Å². The molecule has 25 heavy (non-hydrogen) atoms. The van der Waals surface area contributed by atoms with Gasteiger partial charge in [0.2, 0.25) is 5.91 Å². The van der Waals surface area contributed by atoms with Crippen molar-refractivity contribution in [3.8, 4) is 5.75 Å². The van der Waals surface area contributed by atoms with Crippen molar-refractivity contribution < 1.29 is 9.53 Å². The number of likely N-dealkylation sites (tertiary alicyclic amines) is 1. The molecule has 6 heteroatoms. The Morgan fingerprint density at radius 2 is 2.16 bits per heavy atom. The first-order chi connectivity index (χ1) is 12.2. The van der Waals surface area contributed by atoms with E-state index < -0.39 is 0 Å². The predicted octanol–water partition coefficient (Wildman–Crippen LogP) is 2.06. The van der Waals surface area contributed by atoms with Gasteiger partial charge in [0, 0.05) is 25.0 Å². The largest absolute Gasteiger partial charge is 0.497 e. The van der Waals surface area contributed by atoms with Crippen molar-refractivity contribution in [3.63, 3.8) is 0 Å². The summed E-state index contributed by atoms with van der Waals surface area (Å²) in [5, 5.41) is 7.31. The zero-order valence-electron chi connectivity index (χ0n) is 14.7. The van der Waals surface area contributed by atoms with Crippen LogP contribution >= 0.6 is 0 Å². The molecular weight excluding hydrogens is 316 g/mol. The summed E-state index contributed by atoms with van der Waals surface area (Å²) < 4.78 is 7.11. The molecule has 0 radical (unpaired) electrons. The molecule has 1 fully saturated rings. The van der Waals surface area contributed by atoms with E-state index in [1.807, 2.05) is 41.2 Å². The van der Waals surface area contributed by atoms with E-state index in [2.05, 4.69) is 15.3 Å². The molecule has 1 atom stereocenters. The second kappa shape index (κ2) is 8.67. The van der Waals surface area contributed by atoms with Gasteiger partial charge in [0.05, 0.1) is 20.2 Å². The molecule has 0 unspecified atom stereocenters. The van der Waals surface area contributed by atoms with Gasteiger partial charge in [-0.3, -0.25) is 14.4 Å². The Kier molecular flexibility index (Phi) is 6.06. The number of hydrogen-bond acceptors (Lipinski definition) is 4. The maximum Gasteiger partial charge on any atom is 0.234 e. The number of amides is 1. The van der Waals surface area contributed by atoms with E-state index in [4.69, 9.17) is 4.74 Å². The van der Waals surface area contributed by atoms with Crippen molar-refractivity contribution in [2.45, 2.75) is 38.4 Å². The first kappa shape index (κ1) is 17.5. The quantitative estimate of drug-likeness (QED) is 0.837. The van der Waals surface area contributed by atoms with Gasteiger partial charge < -0.3 is 10.1 Å². The van der Waals surface area contributed by atoms with Crippen molar-refractivity contribution in [1.82, 2.24) is 20.0 Å². The second-order valence-electron chi connectivity index (χ2n) is 6.47. The number of carbonyl (C=O) groups is 1. The highest BCUT2D eigenvalue weighted by molar-refractivity contribution is 5.78. The minimum atomic E-state index is 0.0724. The number of rotatable bonds is 7. The SMILES string of the molecule is COc1ccc(CNC(=O)CN2CCCC[C@@H]2Cn2cccn2)cc1. The Hall–Kier alpha value is -2.34. The summed E-state index contributed by atoms with van der Waals surface area (Å²) in [6.07, 6.45) is 7.27. The number of benzene rings is 1. The second-order valence-corrected chi connectivity index (χ2v) is 6.47. The molecule has 3 rings (SSSR count).